The van der Waals surface area contributed by atoms with E-state index < -0.39 is 5.60 Å². The van der Waals surface area contributed by atoms with Crippen molar-refractivity contribution in [3.05, 3.63) is 0 Å². The number of rotatable bonds is 6. The molecule has 0 unspecified atom stereocenters. The van der Waals surface area contributed by atoms with Gasteiger partial charge in [-0.3, -0.25) is 0 Å². The molecule has 100 valence electrons. The van der Waals surface area contributed by atoms with Crippen molar-refractivity contribution in [2.75, 3.05) is 19.8 Å². The Labute approximate surface area is 103 Å². The molecule has 1 rings (SSSR count). The van der Waals surface area contributed by atoms with Crippen LogP contribution < -0.4 is 11.1 Å². The highest BCUT2D eigenvalue weighted by Crippen LogP contribution is 2.38. The fraction of sp³-hybridized carbons (Fsp3) is 0.917. The van der Waals surface area contributed by atoms with Crippen molar-refractivity contribution in [2.45, 2.75) is 51.2 Å². The Morgan fingerprint density at radius 2 is 2.00 bits per heavy atom. The van der Waals surface area contributed by atoms with Gasteiger partial charge in [0.05, 0.1) is 6.61 Å². The number of hydrogen-bond acceptors (Lipinski definition) is 4. The maximum atomic E-state index is 11.6. The van der Waals surface area contributed by atoms with Gasteiger partial charge in [-0.05, 0) is 40.0 Å². The number of nitrogens with one attached hydrogen (secondary N) is 1. The third-order valence-electron chi connectivity index (χ3n) is 2.61. The van der Waals surface area contributed by atoms with Crippen LogP contribution in [0.3, 0.4) is 0 Å². The summed E-state index contributed by atoms with van der Waals surface area (Å²) in [6, 6.07) is 0. The summed E-state index contributed by atoms with van der Waals surface area (Å²) in [6.07, 6.45) is 2.48. The molecule has 3 N–H and O–H groups in total. The molecular formula is C12H24N2O3. The second kappa shape index (κ2) is 5.69. The van der Waals surface area contributed by atoms with E-state index in [0.29, 0.717) is 19.8 Å². The summed E-state index contributed by atoms with van der Waals surface area (Å²) in [5.41, 5.74) is 4.78. The Morgan fingerprint density at radius 1 is 1.35 bits per heavy atom. The average molecular weight is 244 g/mol. The van der Waals surface area contributed by atoms with E-state index in [-0.39, 0.29) is 11.6 Å². The van der Waals surface area contributed by atoms with Crippen LogP contribution in [0.15, 0.2) is 0 Å². The summed E-state index contributed by atoms with van der Waals surface area (Å²) >= 11 is 0. The van der Waals surface area contributed by atoms with Gasteiger partial charge in [0.25, 0.3) is 0 Å². The summed E-state index contributed by atoms with van der Waals surface area (Å²) in [6.45, 7) is 7.31. The predicted molar refractivity (Wildman–Crippen MR) is 65.8 cm³/mol. The van der Waals surface area contributed by atoms with Gasteiger partial charge in [-0.15, -0.1) is 0 Å². The molecule has 0 radical (unpaired) electrons. The first-order valence-electron chi connectivity index (χ1n) is 6.16. The molecule has 0 heterocycles. The Bertz CT molecular complexity index is 257. The van der Waals surface area contributed by atoms with Crippen LogP contribution in [-0.4, -0.2) is 37.0 Å². The maximum absolute atomic E-state index is 11.6. The lowest BCUT2D eigenvalue weighted by Gasteiger charge is -2.23. The zero-order valence-corrected chi connectivity index (χ0v) is 11.0. The van der Waals surface area contributed by atoms with Crippen molar-refractivity contribution in [2.24, 2.45) is 5.73 Å². The summed E-state index contributed by atoms with van der Waals surface area (Å²) in [4.78, 5) is 11.6. The molecule has 17 heavy (non-hydrogen) atoms. The van der Waals surface area contributed by atoms with E-state index >= 15 is 0 Å². The molecule has 1 aliphatic carbocycles. The number of carbonyl (C=O) groups excluding carboxylic acids is 1. The first kappa shape index (κ1) is 14.3. The van der Waals surface area contributed by atoms with Gasteiger partial charge < -0.3 is 20.5 Å². The number of hydrogen-bond donors (Lipinski definition) is 2. The molecule has 0 aromatic heterocycles. The van der Waals surface area contributed by atoms with Gasteiger partial charge in [0.15, 0.2) is 0 Å². The fourth-order valence-corrected chi connectivity index (χ4v) is 1.56. The molecule has 1 amide bonds. The summed E-state index contributed by atoms with van der Waals surface area (Å²) in [5.74, 6) is 0. The lowest BCUT2D eigenvalue weighted by Crippen LogP contribution is -2.41. The molecule has 0 atom stereocenters. The van der Waals surface area contributed by atoms with Crippen LogP contribution in [0.2, 0.25) is 0 Å². The van der Waals surface area contributed by atoms with Crippen molar-refractivity contribution in [3.63, 3.8) is 0 Å². The van der Waals surface area contributed by atoms with Crippen LogP contribution in [-0.2, 0) is 9.47 Å². The van der Waals surface area contributed by atoms with Gasteiger partial charge in [-0.25, -0.2) is 4.79 Å². The van der Waals surface area contributed by atoms with Crippen LogP contribution in [0.25, 0.3) is 0 Å². The monoisotopic (exact) mass is 244 g/mol. The van der Waals surface area contributed by atoms with E-state index in [4.69, 9.17) is 15.2 Å². The van der Waals surface area contributed by atoms with Crippen LogP contribution in [0, 0.1) is 0 Å². The van der Waals surface area contributed by atoms with E-state index in [2.05, 4.69) is 5.32 Å². The van der Waals surface area contributed by atoms with Crippen LogP contribution >= 0.6 is 0 Å². The van der Waals surface area contributed by atoms with Crippen molar-refractivity contribution >= 4 is 6.09 Å². The molecule has 0 aliphatic heterocycles. The van der Waals surface area contributed by atoms with Gasteiger partial charge in [-0.1, -0.05) is 0 Å². The Hall–Kier alpha value is -0.810. The van der Waals surface area contributed by atoms with E-state index in [0.717, 1.165) is 19.3 Å². The van der Waals surface area contributed by atoms with Crippen LogP contribution in [0.1, 0.15) is 40.0 Å². The zero-order valence-electron chi connectivity index (χ0n) is 11.0. The number of amides is 1. The SMILES string of the molecule is CC(C)(C)OC(=O)NC1(CCOCCN)CC1. The largest absolute Gasteiger partial charge is 0.444 e. The second-order valence-corrected chi connectivity index (χ2v) is 5.56. The van der Waals surface area contributed by atoms with Crippen molar-refractivity contribution < 1.29 is 14.3 Å². The standard InChI is InChI=1S/C12H24N2O3/c1-11(2,3)17-10(15)14-12(4-5-12)6-8-16-9-7-13/h4-9,13H2,1-3H3,(H,14,15). The molecule has 0 spiro atoms. The molecular weight excluding hydrogens is 220 g/mol. The minimum atomic E-state index is -0.448. The topological polar surface area (TPSA) is 73.6 Å². The van der Waals surface area contributed by atoms with Gasteiger partial charge in [0, 0.05) is 18.7 Å². The van der Waals surface area contributed by atoms with Crippen molar-refractivity contribution in [1.29, 1.82) is 0 Å². The van der Waals surface area contributed by atoms with Gasteiger partial charge in [-0.2, -0.15) is 0 Å². The van der Waals surface area contributed by atoms with Crippen molar-refractivity contribution in [3.8, 4) is 0 Å². The highest BCUT2D eigenvalue weighted by Gasteiger charge is 2.44. The third kappa shape index (κ3) is 5.89. The first-order valence-corrected chi connectivity index (χ1v) is 6.16. The Morgan fingerprint density at radius 3 is 2.47 bits per heavy atom. The lowest BCUT2D eigenvalue weighted by atomic mass is 10.2. The summed E-state index contributed by atoms with van der Waals surface area (Å²) in [7, 11) is 0. The zero-order chi connectivity index (χ0) is 12.9. The molecule has 1 fully saturated rings. The van der Waals surface area contributed by atoms with Gasteiger partial charge >= 0.3 is 6.09 Å². The maximum Gasteiger partial charge on any atom is 0.408 e. The second-order valence-electron chi connectivity index (χ2n) is 5.56. The summed E-state index contributed by atoms with van der Waals surface area (Å²) in [5, 5.41) is 2.93. The average Bonchev–Trinajstić information content (AvgIpc) is 2.90. The molecule has 5 heteroatoms. The molecule has 0 saturated heterocycles. The predicted octanol–water partition coefficient (Wildman–Crippen LogP) is 1.41. The Kier molecular flexibility index (Phi) is 4.77. The first-order chi connectivity index (χ1) is 7.87. The number of alkyl carbamates (subject to hydrolysis) is 1. The minimum Gasteiger partial charge on any atom is -0.444 e. The number of carbonyl (C=O) groups is 1. The molecule has 1 saturated carbocycles. The molecule has 0 aromatic carbocycles. The summed E-state index contributed by atoms with van der Waals surface area (Å²) < 4.78 is 10.6. The quantitative estimate of drug-likeness (QED) is 0.693. The molecule has 0 bridgehead atoms. The highest BCUT2D eigenvalue weighted by molar-refractivity contribution is 5.69. The normalized spacial score (nSPS) is 17.6. The van der Waals surface area contributed by atoms with Crippen molar-refractivity contribution in [1.82, 2.24) is 5.32 Å². The molecule has 0 aromatic rings. The van der Waals surface area contributed by atoms with E-state index in [9.17, 15) is 4.79 Å². The highest BCUT2D eigenvalue weighted by atomic mass is 16.6. The smallest absolute Gasteiger partial charge is 0.408 e. The Balaban J connectivity index is 2.23. The number of ether oxygens (including phenoxy) is 2. The molecule has 1 aliphatic rings. The van der Waals surface area contributed by atoms with E-state index in [1.165, 1.54) is 0 Å². The third-order valence-corrected chi connectivity index (χ3v) is 2.61. The molecule has 5 nitrogen and oxygen atoms in total. The lowest BCUT2D eigenvalue weighted by molar-refractivity contribution is 0.0477. The minimum absolute atomic E-state index is 0.100. The van der Waals surface area contributed by atoms with Gasteiger partial charge in [0.2, 0.25) is 0 Å². The number of nitrogens with two attached hydrogens (primary N) is 1. The van der Waals surface area contributed by atoms with Crippen LogP contribution in [0.4, 0.5) is 4.79 Å². The van der Waals surface area contributed by atoms with E-state index in [1.807, 2.05) is 20.8 Å². The van der Waals surface area contributed by atoms with Crippen LogP contribution in [0.5, 0.6) is 0 Å². The van der Waals surface area contributed by atoms with E-state index in [1.54, 1.807) is 0 Å². The van der Waals surface area contributed by atoms with Gasteiger partial charge in [0.1, 0.15) is 5.60 Å². The fourth-order valence-electron chi connectivity index (χ4n) is 1.56.